The first kappa shape index (κ1) is 10.3. The second-order valence-corrected chi connectivity index (χ2v) is 3.88. The standard InChI is InChI=1S/C9H8Cl2N4/c10-7-1-2-8(11)6(3-7)5-15-13-4-9(12)14-15/h1-4H,5H2,(H2,12,14). The zero-order chi connectivity index (χ0) is 10.8. The number of halogens is 2. The first-order valence-corrected chi connectivity index (χ1v) is 5.00. The van der Waals surface area contributed by atoms with Crippen LogP contribution < -0.4 is 5.73 Å². The molecule has 1 aromatic heterocycles. The third-order valence-corrected chi connectivity index (χ3v) is 2.48. The SMILES string of the molecule is Nc1cnn(Cc2cc(Cl)ccc2Cl)n1. The summed E-state index contributed by atoms with van der Waals surface area (Å²) in [6.07, 6.45) is 1.48. The van der Waals surface area contributed by atoms with E-state index in [1.807, 2.05) is 0 Å². The van der Waals surface area contributed by atoms with E-state index in [4.69, 9.17) is 28.9 Å². The van der Waals surface area contributed by atoms with Gasteiger partial charge in [-0.2, -0.15) is 9.90 Å². The zero-order valence-corrected chi connectivity index (χ0v) is 9.20. The van der Waals surface area contributed by atoms with E-state index >= 15 is 0 Å². The van der Waals surface area contributed by atoms with Crippen LogP contribution in [0.4, 0.5) is 5.82 Å². The highest BCUT2D eigenvalue weighted by atomic mass is 35.5. The van der Waals surface area contributed by atoms with Crippen molar-refractivity contribution in [1.29, 1.82) is 0 Å². The van der Waals surface area contributed by atoms with Gasteiger partial charge in [0.2, 0.25) is 0 Å². The largest absolute Gasteiger partial charge is 0.381 e. The maximum atomic E-state index is 5.99. The van der Waals surface area contributed by atoms with Gasteiger partial charge in [0.25, 0.3) is 0 Å². The summed E-state index contributed by atoms with van der Waals surface area (Å²) in [5.41, 5.74) is 6.31. The van der Waals surface area contributed by atoms with Gasteiger partial charge in [0.05, 0.1) is 12.7 Å². The predicted molar refractivity (Wildman–Crippen MR) is 60.0 cm³/mol. The number of nitrogen functional groups attached to an aromatic ring is 1. The van der Waals surface area contributed by atoms with E-state index in [0.29, 0.717) is 22.4 Å². The van der Waals surface area contributed by atoms with Crippen molar-refractivity contribution in [3.8, 4) is 0 Å². The Bertz CT molecular complexity index is 481. The number of nitrogens with two attached hydrogens (primary N) is 1. The Labute approximate surface area is 96.6 Å². The lowest BCUT2D eigenvalue weighted by atomic mass is 10.2. The molecular formula is C9H8Cl2N4. The van der Waals surface area contributed by atoms with Crippen molar-refractivity contribution in [2.45, 2.75) is 6.54 Å². The van der Waals surface area contributed by atoms with Crippen LogP contribution in [-0.4, -0.2) is 15.0 Å². The molecule has 0 saturated heterocycles. The van der Waals surface area contributed by atoms with Gasteiger partial charge in [-0.3, -0.25) is 0 Å². The van der Waals surface area contributed by atoms with Gasteiger partial charge in [-0.25, -0.2) is 0 Å². The number of hydrogen-bond acceptors (Lipinski definition) is 3. The van der Waals surface area contributed by atoms with Crippen molar-refractivity contribution in [3.05, 3.63) is 40.0 Å². The summed E-state index contributed by atoms with van der Waals surface area (Å²) in [5, 5.41) is 9.19. The lowest BCUT2D eigenvalue weighted by Gasteiger charge is -2.03. The molecule has 0 unspecified atom stereocenters. The van der Waals surface area contributed by atoms with Crippen molar-refractivity contribution in [1.82, 2.24) is 15.0 Å². The van der Waals surface area contributed by atoms with Gasteiger partial charge < -0.3 is 5.73 Å². The Morgan fingerprint density at radius 2 is 2.13 bits per heavy atom. The molecule has 0 bridgehead atoms. The highest BCUT2D eigenvalue weighted by Crippen LogP contribution is 2.21. The molecular weight excluding hydrogens is 235 g/mol. The molecule has 0 radical (unpaired) electrons. The molecule has 0 fully saturated rings. The number of hydrogen-bond donors (Lipinski definition) is 1. The van der Waals surface area contributed by atoms with Crippen LogP contribution in [0.3, 0.4) is 0 Å². The van der Waals surface area contributed by atoms with Crippen molar-refractivity contribution < 1.29 is 0 Å². The molecule has 78 valence electrons. The van der Waals surface area contributed by atoms with Gasteiger partial charge in [0, 0.05) is 10.0 Å². The normalized spacial score (nSPS) is 10.5. The van der Waals surface area contributed by atoms with Gasteiger partial charge in [0.1, 0.15) is 0 Å². The van der Waals surface area contributed by atoms with Crippen LogP contribution in [0.5, 0.6) is 0 Å². The Balaban J connectivity index is 2.27. The molecule has 0 atom stereocenters. The topological polar surface area (TPSA) is 56.7 Å². The molecule has 2 N–H and O–H groups in total. The van der Waals surface area contributed by atoms with Gasteiger partial charge in [0.15, 0.2) is 5.82 Å². The van der Waals surface area contributed by atoms with Crippen LogP contribution >= 0.6 is 23.2 Å². The van der Waals surface area contributed by atoms with Gasteiger partial charge >= 0.3 is 0 Å². The average Bonchev–Trinajstić information content (AvgIpc) is 2.58. The van der Waals surface area contributed by atoms with E-state index in [0.717, 1.165) is 5.56 Å². The summed E-state index contributed by atoms with van der Waals surface area (Å²) >= 11 is 11.8. The summed E-state index contributed by atoms with van der Waals surface area (Å²) < 4.78 is 0. The van der Waals surface area contributed by atoms with E-state index in [1.54, 1.807) is 18.2 Å². The lowest BCUT2D eigenvalue weighted by Crippen LogP contribution is -2.04. The monoisotopic (exact) mass is 242 g/mol. The average molecular weight is 243 g/mol. The second kappa shape index (κ2) is 4.08. The molecule has 0 spiro atoms. The molecule has 1 aromatic carbocycles. The number of benzene rings is 1. The number of nitrogens with zero attached hydrogens (tertiary/aromatic N) is 3. The quantitative estimate of drug-likeness (QED) is 0.879. The molecule has 0 aliphatic heterocycles. The van der Waals surface area contributed by atoms with E-state index < -0.39 is 0 Å². The van der Waals surface area contributed by atoms with Crippen LogP contribution in [0.25, 0.3) is 0 Å². The fraction of sp³-hybridized carbons (Fsp3) is 0.111. The predicted octanol–water partition coefficient (Wildman–Crippen LogP) is 2.22. The van der Waals surface area contributed by atoms with Crippen LogP contribution in [0.1, 0.15) is 5.56 Å². The first-order valence-electron chi connectivity index (χ1n) is 4.24. The third kappa shape index (κ3) is 2.40. The molecule has 6 heteroatoms. The maximum Gasteiger partial charge on any atom is 0.165 e. The summed E-state index contributed by atoms with van der Waals surface area (Å²) in [7, 11) is 0. The van der Waals surface area contributed by atoms with Crippen molar-refractivity contribution >= 4 is 29.0 Å². The Hall–Kier alpha value is -1.26. The zero-order valence-electron chi connectivity index (χ0n) is 7.69. The summed E-state index contributed by atoms with van der Waals surface area (Å²) in [4.78, 5) is 1.47. The number of rotatable bonds is 2. The van der Waals surface area contributed by atoms with E-state index in [2.05, 4.69) is 10.2 Å². The second-order valence-electron chi connectivity index (χ2n) is 3.04. The molecule has 0 aliphatic carbocycles. The van der Waals surface area contributed by atoms with Crippen molar-refractivity contribution in [3.63, 3.8) is 0 Å². The van der Waals surface area contributed by atoms with Crippen LogP contribution in [-0.2, 0) is 6.54 Å². The van der Waals surface area contributed by atoms with Crippen molar-refractivity contribution in [2.24, 2.45) is 0 Å². The Morgan fingerprint density at radius 3 is 2.80 bits per heavy atom. The minimum Gasteiger partial charge on any atom is -0.381 e. The molecule has 15 heavy (non-hydrogen) atoms. The summed E-state index contributed by atoms with van der Waals surface area (Å²) in [6, 6.07) is 5.26. The molecule has 2 rings (SSSR count). The van der Waals surface area contributed by atoms with E-state index in [1.165, 1.54) is 11.0 Å². The third-order valence-electron chi connectivity index (χ3n) is 1.87. The Morgan fingerprint density at radius 1 is 1.33 bits per heavy atom. The summed E-state index contributed by atoms with van der Waals surface area (Å²) in [6.45, 7) is 0.455. The van der Waals surface area contributed by atoms with E-state index in [9.17, 15) is 0 Å². The fourth-order valence-electron chi connectivity index (χ4n) is 1.20. The maximum absolute atomic E-state index is 5.99. The molecule has 0 aliphatic rings. The smallest absolute Gasteiger partial charge is 0.165 e. The highest BCUT2D eigenvalue weighted by Gasteiger charge is 2.04. The Kier molecular flexibility index (Phi) is 2.79. The van der Waals surface area contributed by atoms with Gasteiger partial charge in [-0.1, -0.05) is 23.2 Å². The minimum absolute atomic E-state index is 0.383. The molecule has 4 nitrogen and oxygen atoms in total. The van der Waals surface area contributed by atoms with E-state index in [-0.39, 0.29) is 0 Å². The van der Waals surface area contributed by atoms with Crippen LogP contribution in [0.2, 0.25) is 10.0 Å². The lowest BCUT2D eigenvalue weighted by molar-refractivity contribution is 0.593. The van der Waals surface area contributed by atoms with Gasteiger partial charge in [-0.15, -0.1) is 5.10 Å². The highest BCUT2D eigenvalue weighted by molar-refractivity contribution is 6.33. The minimum atomic E-state index is 0.383. The molecule has 2 aromatic rings. The molecule has 0 saturated carbocycles. The van der Waals surface area contributed by atoms with Gasteiger partial charge in [-0.05, 0) is 23.8 Å². The van der Waals surface area contributed by atoms with Crippen LogP contribution in [0.15, 0.2) is 24.4 Å². The molecule has 0 amide bonds. The fourth-order valence-corrected chi connectivity index (χ4v) is 1.58. The van der Waals surface area contributed by atoms with Crippen LogP contribution in [0, 0.1) is 0 Å². The summed E-state index contributed by atoms with van der Waals surface area (Å²) in [5.74, 6) is 0.383. The number of anilines is 1. The number of aromatic nitrogens is 3. The molecule has 1 heterocycles. The first-order chi connectivity index (χ1) is 7.15. The van der Waals surface area contributed by atoms with Crippen molar-refractivity contribution in [2.75, 3.05) is 5.73 Å².